The van der Waals surface area contributed by atoms with Crippen LogP contribution in [0.25, 0.3) is 0 Å². The van der Waals surface area contributed by atoms with Gasteiger partial charge in [-0.1, -0.05) is 11.6 Å². The Bertz CT molecular complexity index is 809. The van der Waals surface area contributed by atoms with Crippen LogP contribution < -0.4 is 10.1 Å². The van der Waals surface area contributed by atoms with Gasteiger partial charge in [0.15, 0.2) is 0 Å². The highest BCUT2D eigenvalue weighted by molar-refractivity contribution is 6.06. The molecule has 1 atom stereocenters. The summed E-state index contributed by atoms with van der Waals surface area (Å²) in [5.41, 5.74) is 2.76. The number of amides is 1. The number of carboxylic acid groups (broad SMARTS) is 1. The van der Waals surface area contributed by atoms with E-state index in [-0.39, 0.29) is 29.8 Å². The highest BCUT2D eigenvalue weighted by Crippen LogP contribution is 2.45. The smallest absolute Gasteiger partial charge is 0.341 e. The van der Waals surface area contributed by atoms with Crippen molar-refractivity contribution in [2.75, 3.05) is 12.4 Å². The van der Waals surface area contributed by atoms with E-state index in [0.717, 1.165) is 5.57 Å². The van der Waals surface area contributed by atoms with Gasteiger partial charge in [-0.2, -0.15) is 0 Å². The maximum atomic E-state index is 12.3. The second kappa shape index (κ2) is 7.59. The molecule has 0 aliphatic carbocycles. The maximum Gasteiger partial charge on any atom is 0.341 e. The quantitative estimate of drug-likeness (QED) is 0.596. The highest BCUT2D eigenvalue weighted by Gasteiger charge is 2.37. The largest absolute Gasteiger partial charge is 0.496 e. The van der Waals surface area contributed by atoms with Crippen LogP contribution in [0.3, 0.4) is 0 Å². The average Bonchev–Trinajstić information content (AvgIpc) is 2.96. The summed E-state index contributed by atoms with van der Waals surface area (Å²) >= 11 is 0. The lowest BCUT2D eigenvalue weighted by Crippen LogP contribution is -2.20. The van der Waals surface area contributed by atoms with Crippen LogP contribution in [0.15, 0.2) is 11.6 Å². The van der Waals surface area contributed by atoms with Crippen LogP contribution in [0.1, 0.15) is 60.2 Å². The van der Waals surface area contributed by atoms with Crippen molar-refractivity contribution in [3.05, 3.63) is 33.9 Å². The van der Waals surface area contributed by atoms with Gasteiger partial charge in [0, 0.05) is 18.1 Å². The number of methoxy groups -OCH3 is 1. The first-order valence-corrected chi connectivity index (χ1v) is 8.25. The van der Waals surface area contributed by atoms with Crippen molar-refractivity contribution in [3.63, 3.8) is 0 Å². The van der Waals surface area contributed by atoms with Crippen molar-refractivity contribution < 1.29 is 29.0 Å². The van der Waals surface area contributed by atoms with Crippen LogP contribution in [-0.4, -0.2) is 30.1 Å². The number of aliphatic carboxylic acids is 1. The minimum absolute atomic E-state index is 0.0643. The van der Waals surface area contributed by atoms with Crippen LogP contribution in [0.2, 0.25) is 0 Å². The second-order valence-electron chi connectivity index (χ2n) is 6.29. The van der Waals surface area contributed by atoms with Gasteiger partial charge in [-0.25, -0.2) is 4.79 Å². The maximum absolute atomic E-state index is 12.3. The van der Waals surface area contributed by atoms with Crippen LogP contribution in [0.5, 0.6) is 5.75 Å². The number of hydrogen-bond acceptors (Lipinski definition) is 5. The number of ether oxygens (including phenoxy) is 2. The number of carboxylic acids is 1. The number of carbonyl (C=O) groups is 3. The van der Waals surface area contributed by atoms with Gasteiger partial charge >= 0.3 is 11.9 Å². The Morgan fingerprint density at radius 1 is 1.38 bits per heavy atom. The predicted octanol–water partition coefficient (Wildman–Crippen LogP) is 3.16. The van der Waals surface area contributed by atoms with Gasteiger partial charge in [0.2, 0.25) is 5.91 Å². The Hall–Kier alpha value is -2.83. The molecule has 0 radical (unpaired) electrons. The molecule has 0 bridgehead atoms. The van der Waals surface area contributed by atoms with E-state index in [2.05, 4.69) is 5.32 Å². The summed E-state index contributed by atoms with van der Waals surface area (Å²) < 4.78 is 10.6. The van der Waals surface area contributed by atoms with Gasteiger partial charge in [-0.15, -0.1) is 0 Å². The molecule has 1 aromatic rings. The molecule has 7 nitrogen and oxygen atoms in total. The monoisotopic (exact) mass is 361 g/mol. The van der Waals surface area contributed by atoms with E-state index in [1.165, 1.54) is 14.0 Å². The molecule has 2 rings (SSSR count). The molecule has 1 aliphatic heterocycles. The topological polar surface area (TPSA) is 102 Å². The lowest BCUT2D eigenvalue weighted by atomic mass is 9.85. The number of nitrogens with one attached hydrogen (secondary N) is 1. The van der Waals surface area contributed by atoms with Gasteiger partial charge in [-0.3, -0.25) is 9.59 Å². The summed E-state index contributed by atoms with van der Waals surface area (Å²) in [7, 11) is 1.44. The van der Waals surface area contributed by atoms with E-state index in [0.29, 0.717) is 16.9 Å². The van der Waals surface area contributed by atoms with E-state index in [9.17, 15) is 19.5 Å². The summed E-state index contributed by atoms with van der Waals surface area (Å²) in [5.74, 6) is -2.70. The van der Waals surface area contributed by atoms with Gasteiger partial charge in [0.25, 0.3) is 0 Å². The number of hydrogen-bond donors (Lipinski definition) is 2. The third kappa shape index (κ3) is 3.42. The molecular weight excluding hydrogens is 338 g/mol. The van der Waals surface area contributed by atoms with Gasteiger partial charge in [0.05, 0.1) is 24.3 Å². The van der Waals surface area contributed by atoms with Crippen LogP contribution in [-0.2, 0) is 20.9 Å². The molecule has 1 unspecified atom stereocenters. The van der Waals surface area contributed by atoms with E-state index in [1.807, 2.05) is 19.9 Å². The van der Waals surface area contributed by atoms with Crippen molar-refractivity contribution in [1.29, 1.82) is 0 Å². The van der Waals surface area contributed by atoms with E-state index in [1.54, 1.807) is 6.92 Å². The molecule has 0 fully saturated rings. The molecule has 0 saturated carbocycles. The molecular formula is C19H23NO6. The fourth-order valence-electron chi connectivity index (χ4n) is 3.20. The number of fused-ring (bicyclic) bond motifs is 1. The van der Waals surface area contributed by atoms with Crippen LogP contribution in [0.4, 0.5) is 5.69 Å². The van der Waals surface area contributed by atoms with Crippen molar-refractivity contribution in [1.82, 2.24) is 0 Å². The van der Waals surface area contributed by atoms with Crippen molar-refractivity contribution in [2.24, 2.45) is 0 Å². The van der Waals surface area contributed by atoms with Crippen molar-refractivity contribution >= 4 is 23.5 Å². The zero-order valence-corrected chi connectivity index (χ0v) is 15.6. The Morgan fingerprint density at radius 3 is 2.54 bits per heavy atom. The number of benzene rings is 1. The number of anilines is 1. The van der Waals surface area contributed by atoms with E-state index in [4.69, 9.17) is 9.47 Å². The van der Waals surface area contributed by atoms with Gasteiger partial charge in [-0.05, 0) is 32.8 Å². The van der Waals surface area contributed by atoms with Gasteiger partial charge in [0.1, 0.15) is 12.4 Å². The standard InChI is InChI=1S/C19H23NO6/c1-6-9(2)7-12(18(22)23)14-16(20-11(4)21)15-13(8-26-19(15)24)10(3)17(14)25-5/h6,12H,7-8H2,1-5H3,(H,20,21)(H,22,23). The number of esters is 1. The molecule has 2 N–H and O–H groups in total. The summed E-state index contributed by atoms with van der Waals surface area (Å²) in [6, 6.07) is 0. The Morgan fingerprint density at radius 2 is 2.04 bits per heavy atom. The van der Waals surface area contributed by atoms with E-state index < -0.39 is 23.8 Å². The van der Waals surface area contributed by atoms with Crippen molar-refractivity contribution in [2.45, 2.75) is 46.6 Å². The molecule has 1 amide bonds. The zero-order chi connectivity index (χ0) is 19.6. The number of allylic oxidation sites excluding steroid dienone is 2. The minimum Gasteiger partial charge on any atom is -0.496 e. The SMILES string of the molecule is CC=C(C)CC(C(=O)O)c1c(NC(C)=O)c2c(c(C)c1OC)COC2=O. The van der Waals surface area contributed by atoms with E-state index >= 15 is 0 Å². The lowest BCUT2D eigenvalue weighted by molar-refractivity contribution is -0.138. The molecule has 140 valence electrons. The van der Waals surface area contributed by atoms with Crippen LogP contribution in [0, 0.1) is 6.92 Å². The first-order valence-electron chi connectivity index (χ1n) is 8.25. The molecule has 26 heavy (non-hydrogen) atoms. The summed E-state index contributed by atoms with van der Waals surface area (Å²) in [4.78, 5) is 36.1. The number of cyclic esters (lactones) is 1. The first-order chi connectivity index (χ1) is 12.2. The molecule has 1 aliphatic rings. The Balaban J connectivity index is 2.86. The average molecular weight is 361 g/mol. The summed E-state index contributed by atoms with van der Waals surface area (Å²) in [5, 5.41) is 12.5. The summed E-state index contributed by atoms with van der Waals surface area (Å²) in [6.45, 7) is 6.77. The second-order valence-corrected chi connectivity index (χ2v) is 6.29. The third-order valence-electron chi connectivity index (χ3n) is 4.58. The van der Waals surface area contributed by atoms with Crippen molar-refractivity contribution in [3.8, 4) is 5.75 Å². The normalized spacial score (nSPS) is 14.5. The third-order valence-corrected chi connectivity index (χ3v) is 4.58. The minimum atomic E-state index is -1.07. The van der Waals surface area contributed by atoms with Crippen LogP contribution >= 0.6 is 0 Å². The predicted molar refractivity (Wildman–Crippen MR) is 95.6 cm³/mol. The zero-order valence-electron chi connectivity index (χ0n) is 15.6. The first kappa shape index (κ1) is 19.5. The molecule has 1 aromatic carbocycles. The molecule has 7 heteroatoms. The Labute approximate surface area is 152 Å². The van der Waals surface area contributed by atoms with Gasteiger partial charge < -0.3 is 19.9 Å². The fourth-order valence-corrected chi connectivity index (χ4v) is 3.20. The molecule has 0 spiro atoms. The molecule has 0 aromatic heterocycles. The number of carbonyl (C=O) groups excluding carboxylic acids is 2. The molecule has 1 heterocycles. The number of rotatable bonds is 6. The molecule has 0 saturated heterocycles. The summed E-state index contributed by atoms with van der Waals surface area (Å²) in [6.07, 6.45) is 2.05. The fraction of sp³-hybridized carbons (Fsp3) is 0.421. The highest BCUT2D eigenvalue weighted by atomic mass is 16.5. The lowest BCUT2D eigenvalue weighted by Gasteiger charge is -2.24. The Kier molecular flexibility index (Phi) is 5.69.